The molecule has 0 saturated heterocycles. The first-order chi connectivity index (χ1) is 11.5. The first-order valence-electron chi connectivity index (χ1n) is 7.90. The molecule has 0 unspecified atom stereocenters. The molecule has 0 bridgehead atoms. The van der Waals surface area contributed by atoms with Gasteiger partial charge in [-0.25, -0.2) is 9.97 Å². The number of hydrogen-bond donors (Lipinski definition) is 1. The van der Waals surface area contributed by atoms with E-state index in [-0.39, 0.29) is 0 Å². The third-order valence-corrected chi connectivity index (χ3v) is 3.75. The van der Waals surface area contributed by atoms with E-state index in [1.165, 1.54) is 0 Å². The lowest BCUT2D eigenvalue weighted by Gasteiger charge is -2.14. The van der Waals surface area contributed by atoms with E-state index in [4.69, 9.17) is 0 Å². The maximum absolute atomic E-state index is 4.53. The third-order valence-electron chi connectivity index (χ3n) is 3.75. The Morgan fingerprint density at radius 2 is 1.83 bits per heavy atom. The summed E-state index contributed by atoms with van der Waals surface area (Å²) in [5.74, 6) is 2.46. The number of aryl methyl sites for hydroxylation is 2. The Labute approximate surface area is 142 Å². The molecule has 3 aromatic rings. The second-order valence-electron chi connectivity index (χ2n) is 5.91. The SMILES string of the molecule is Cc1cc(N(C)C)nc(NCc2cnc(C)n2-c2ccccc2)n1. The van der Waals surface area contributed by atoms with Gasteiger partial charge < -0.3 is 10.2 Å². The van der Waals surface area contributed by atoms with Gasteiger partial charge in [0.25, 0.3) is 0 Å². The number of nitrogens with zero attached hydrogens (tertiary/aromatic N) is 5. The summed E-state index contributed by atoms with van der Waals surface area (Å²) in [5, 5.41) is 3.31. The van der Waals surface area contributed by atoms with Crippen LogP contribution in [0.2, 0.25) is 0 Å². The lowest BCUT2D eigenvalue weighted by molar-refractivity contribution is 0.888. The van der Waals surface area contributed by atoms with Gasteiger partial charge >= 0.3 is 0 Å². The summed E-state index contributed by atoms with van der Waals surface area (Å²) in [7, 11) is 3.94. The Hall–Kier alpha value is -2.89. The van der Waals surface area contributed by atoms with Crippen molar-refractivity contribution in [1.82, 2.24) is 19.5 Å². The molecule has 24 heavy (non-hydrogen) atoms. The molecule has 124 valence electrons. The molecule has 0 radical (unpaired) electrons. The van der Waals surface area contributed by atoms with Crippen molar-refractivity contribution < 1.29 is 0 Å². The molecule has 0 atom stereocenters. The average molecular weight is 322 g/mol. The highest BCUT2D eigenvalue weighted by molar-refractivity contribution is 5.44. The minimum atomic E-state index is 0.603. The van der Waals surface area contributed by atoms with E-state index in [0.717, 1.165) is 28.7 Å². The van der Waals surface area contributed by atoms with Gasteiger partial charge in [0.1, 0.15) is 11.6 Å². The fourth-order valence-electron chi connectivity index (χ4n) is 2.58. The monoisotopic (exact) mass is 322 g/mol. The summed E-state index contributed by atoms with van der Waals surface area (Å²) < 4.78 is 2.13. The van der Waals surface area contributed by atoms with Gasteiger partial charge in [-0.2, -0.15) is 4.98 Å². The molecule has 2 heterocycles. The highest BCUT2D eigenvalue weighted by atomic mass is 15.2. The van der Waals surface area contributed by atoms with Crippen LogP contribution in [0.1, 0.15) is 17.2 Å². The minimum Gasteiger partial charge on any atom is -0.363 e. The summed E-state index contributed by atoms with van der Waals surface area (Å²) in [6, 6.07) is 12.2. The predicted octanol–water partition coefficient (Wildman–Crippen LogP) is 2.96. The number of imidazole rings is 1. The molecule has 1 aromatic carbocycles. The number of hydrogen-bond acceptors (Lipinski definition) is 5. The zero-order chi connectivity index (χ0) is 17.1. The molecule has 3 rings (SSSR count). The van der Waals surface area contributed by atoms with Crippen molar-refractivity contribution in [1.29, 1.82) is 0 Å². The summed E-state index contributed by atoms with van der Waals surface area (Å²) in [4.78, 5) is 15.4. The fraction of sp³-hybridized carbons (Fsp3) is 0.278. The molecule has 2 aromatic heterocycles. The van der Waals surface area contributed by atoms with Crippen molar-refractivity contribution in [3.8, 4) is 5.69 Å². The molecular weight excluding hydrogens is 300 g/mol. The van der Waals surface area contributed by atoms with E-state index < -0.39 is 0 Å². The predicted molar refractivity (Wildman–Crippen MR) is 96.7 cm³/mol. The Morgan fingerprint density at radius 1 is 1.08 bits per heavy atom. The zero-order valence-electron chi connectivity index (χ0n) is 14.5. The fourth-order valence-corrected chi connectivity index (χ4v) is 2.58. The van der Waals surface area contributed by atoms with E-state index in [2.05, 4.69) is 37.0 Å². The molecule has 1 N–H and O–H groups in total. The average Bonchev–Trinajstić information content (AvgIpc) is 2.94. The van der Waals surface area contributed by atoms with Crippen LogP contribution in [0.3, 0.4) is 0 Å². The molecule has 0 amide bonds. The Balaban J connectivity index is 1.84. The van der Waals surface area contributed by atoms with Gasteiger partial charge in [0.2, 0.25) is 5.95 Å². The van der Waals surface area contributed by atoms with Crippen LogP contribution in [0.25, 0.3) is 5.69 Å². The Kier molecular flexibility index (Phi) is 4.46. The standard InChI is InChI=1S/C18H22N6/c1-13-10-17(23(3)4)22-18(21-13)20-12-16-11-19-14(2)24(16)15-8-6-5-7-9-15/h5-11H,12H2,1-4H3,(H,20,21,22). The molecule has 0 spiro atoms. The number of benzene rings is 1. The third kappa shape index (κ3) is 3.37. The number of rotatable bonds is 5. The second kappa shape index (κ2) is 6.70. The van der Waals surface area contributed by atoms with Crippen molar-refractivity contribution in [3.63, 3.8) is 0 Å². The van der Waals surface area contributed by atoms with Crippen LogP contribution in [0.5, 0.6) is 0 Å². The van der Waals surface area contributed by atoms with Crippen molar-refractivity contribution in [2.75, 3.05) is 24.3 Å². The Bertz CT molecular complexity index is 823. The van der Waals surface area contributed by atoms with E-state index in [9.17, 15) is 0 Å². The quantitative estimate of drug-likeness (QED) is 0.782. The van der Waals surface area contributed by atoms with Gasteiger partial charge in [0, 0.05) is 31.5 Å². The lowest BCUT2D eigenvalue weighted by atomic mass is 10.3. The zero-order valence-corrected chi connectivity index (χ0v) is 14.5. The first-order valence-corrected chi connectivity index (χ1v) is 7.90. The van der Waals surface area contributed by atoms with Crippen LogP contribution in [0.4, 0.5) is 11.8 Å². The summed E-state index contributed by atoms with van der Waals surface area (Å²) >= 11 is 0. The van der Waals surface area contributed by atoms with E-state index in [1.54, 1.807) is 0 Å². The highest BCUT2D eigenvalue weighted by Gasteiger charge is 2.10. The lowest BCUT2D eigenvalue weighted by Crippen LogP contribution is -2.14. The van der Waals surface area contributed by atoms with Crippen LogP contribution >= 0.6 is 0 Å². The maximum Gasteiger partial charge on any atom is 0.225 e. The van der Waals surface area contributed by atoms with Crippen molar-refractivity contribution in [2.24, 2.45) is 0 Å². The number of anilines is 2. The number of aromatic nitrogens is 4. The number of para-hydroxylation sites is 1. The molecule has 0 fully saturated rings. The topological polar surface area (TPSA) is 58.9 Å². The summed E-state index contributed by atoms with van der Waals surface area (Å²) in [6.07, 6.45) is 1.89. The van der Waals surface area contributed by atoms with Crippen LogP contribution in [-0.4, -0.2) is 33.6 Å². The first kappa shape index (κ1) is 16.0. The second-order valence-corrected chi connectivity index (χ2v) is 5.91. The maximum atomic E-state index is 4.53. The van der Waals surface area contributed by atoms with Crippen LogP contribution in [0, 0.1) is 13.8 Å². The van der Waals surface area contributed by atoms with Crippen LogP contribution < -0.4 is 10.2 Å². The van der Waals surface area contributed by atoms with Crippen molar-refractivity contribution in [3.05, 3.63) is 59.8 Å². The number of nitrogens with one attached hydrogen (secondary N) is 1. The highest BCUT2D eigenvalue weighted by Crippen LogP contribution is 2.16. The van der Waals surface area contributed by atoms with Gasteiger partial charge in [-0.3, -0.25) is 4.57 Å². The van der Waals surface area contributed by atoms with Crippen molar-refractivity contribution >= 4 is 11.8 Å². The van der Waals surface area contributed by atoms with Gasteiger partial charge in [-0.1, -0.05) is 18.2 Å². The smallest absolute Gasteiger partial charge is 0.225 e. The molecule has 0 saturated carbocycles. The van der Waals surface area contributed by atoms with E-state index in [0.29, 0.717) is 12.5 Å². The van der Waals surface area contributed by atoms with Gasteiger partial charge in [0.05, 0.1) is 18.4 Å². The largest absolute Gasteiger partial charge is 0.363 e. The van der Waals surface area contributed by atoms with Crippen molar-refractivity contribution in [2.45, 2.75) is 20.4 Å². The van der Waals surface area contributed by atoms with Crippen LogP contribution in [0.15, 0.2) is 42.6 Å². The van der Waals surface area contributed by atoms with Gasteiger partial charge in [-0.05, 0) is 26.0 Å². The molecule has 0 aliphatic rings. The van der Waals surface area contributed by atoms with Gasteiger partial charge in [0.15, 0.2) is 0 Å². The molecule has 6 nitrogen and oxygen atoms in total. The minimum absolute atomic E-state index is 0.603. The van der Waals surface area contributed by atoms with Crippen LogP contribution in [-0.2, 0) is 6.54 Å². The summed E-state index contributed by atoms with van der Waals surface area (Å²) in [5.41, 5.74) is 3.10. The molecular formula is C18H22N6. The Morgan fingerprint density at radius 3 is 2.54 bits per heavy atom. The van der Waals surface area contributed by atoms with Gasteiger partial charge in [-0.15, -0.1) is 0 Å². The summed E-state index contributed by atoms with van der Waals surface area (Å²) in [6.45, 7) is 4.58. The molecule has 6 heteroatoms. The molecule has 0 aliphatic heterocycles. The normalized spacial score (nSPS) is 10.7. The van der Waals surface area contributed by atoms with E-state index >= 15 is 0 Å². The van der Waals surface area contributed by atoms with E-state index in [1.807, 2.05) is 63.3 Å². The molecule has 0 aliphatic carbocycles.